The van der Waals surface area contributed by atoms with Gasteiger partial charge in [-0.1, -0.05) is 18.2 Å². The number of hydrogen-bond donors (Lipinski definition) is 0. The molecule has 0 N–H and O–H groups in total. The molecule has 2 aromatic carbocycles. The Morgan fingerprint density at radius 1 is 1.05 bits per heavy atom. The van der Waals surface area contributed by atoms with Gasteiger partial charge in [0.1, 0.15) is 5.52 Å². The van der Waals surface area contributed by atoms with Crippen molar-refractivity contribution in [2.45, 2.75) is 20.8 Å². The highest BCUT2D eigenvalue weighted by Crippen LogP contribution is 2.23. The van der Waals surface area contributed by atoms with Crippen LogP contribution in [0.15, 0.2) is 41.2 Å². The lowest BCUT2D eigenvalue weighted by Gasteiger charge is -2.06. The average molecular weight is 283 g/mol. The predicted molar refractivity (Wildman–Crippen MR) is 81.6 cm³/mol. The number of hydrogen-bond acceptors (Lipinski definition) is 3. The van der Waals surface area contributed by atoms with E-state index in [0.29, 0.717) is 0 Å². The number of benzene rings is 2. The van der Waals surface area contributed by atoms with E-state index < -0.39 is 0 Å². The van der Waals surface area contributed by atoms with Crippen molar-refractivity contribution in [3.05, 3.63) is 62.8 Å². The van der Waals surface area contributed by atoms with Crippen LogP contribution in [0.3, 0.4) is 0 Å². The Labute approximate surface area is 121 Å². The minimum absolute atomic E-state index is 0.0601. The minimum atomic E-state index is -0.0601. The summed E-state index contributed by atoms with van der Waals surface area (Å²) < 4.78 is 2.45. The van der Waals surface area contributed by atoms with Gasteiger partial charge in [-0.2, -0.15) is 0 Å². The average Bonchev–Trinajstić information content (AvgIpc) is 2.46. The quantitative estimate of drug-likeness (QED) is 0.644. The van der Waals surface area contributed by atoms with Crippen molar-refractivity contribution in [1.29, 1.82) is 0 Å². The molecule has 0 spiro atoms. The first-order valence-electron chi connectivity index (χ1n) is 6.47. The molecule has 1 heterocycles. The fourth-order valence-electron chi connectivity index (χ4n) is 2.25. The monoisotopic (exact) mass is 283 g/mol. The molecular formula is C16H15N2OS+. The van der Waals surface area contributed by atoms with E-state index in [2.05, 4.69) is 25.9 Å². The van der Waals surface area contributed by atoms with Gasteiger partial charge in [0, 0.05) is 21.9 Å². The van der Waals surface area contributed by atoms with Crippen molar-refractivity contribution in [2.75, 3.05) is 0 Å². The van der Waals surface area contributed by atoms with Gasteiger partial charge in [-0.3, -0.25) is 0 Å². The molecule has 0 unspecified atom stereocenters. The summed E-state index contributed by atoms with van der Waals surface area (Å²) in [5, 5.41) is 4.52. The van der Waals surface area contributed by atoms with Crippen LogP contribution in [0.4, 0.5) is 0 Å². The van der Waals surface area contributed by atoms with Gasteiger partial charge in [0.05, 0.1) is 4.70 Å². The Bertz CT molecular complexity index is 854. The molecule has 4 heteroatoms. The van der Waals surface area contributed by atoms with Gasteiger partial charge in [-0.15, -0.1) is 0 Å². The molecule has 0 amide bonds. The Morgan fingerprint density at radius 2 is 1.75 bits per heavy atom. The fourth-order valence-corrected chi connectivity index (χ4v) is 3.17. The Hall–Kier alpha value is -2.07. The van der Waals surface area contributed by atoms with Crippen LogP contribution in [-0.2, 0) is 0 Å². The SMILES string of the molecule is Cc1cc2n[n+](-c3ccccc3)c(=O)sc2c(C)c1C. The Kier molecular flexibility index (Phi) is 3.10. The third kappa shape index (κ3) is 2.02. The fraction of sp³-hybridized carbons (Fsp3) is 0.188. The van der Waals surface area contributed by atoms with Gasteiger partial charge >= 0.3 is 4.87 Å². The van der Waals surface area contributed by atoms with E-state index in [1.807, 2.05) is 36.4 Å². The number of fused-ring (bicyclic) bond motifs is 1. The first kappa shape index (κ1) is 12.9. The number of para-hydroxylation sites is 1. The lowest BCUT2D eigenvalue weighted by atomic mass is 10.0. The second-order valence-corrected chi connectivity index (χ2v) is 5.87. The molecule has 0 saturated heterocycles. The normalized spacial score (nSPS) is 10.9. The Morgan fingerprint density at radius 3 is 2.45 bits per heavy atom. The van der Waals surface area contributed by atoms with Crippen LogP contribution in [0.25, 0.3) is 15.9 Å². The van der Waals surface area contributed by atoms with E-state index in [1.165, 1.54) is 27.1 Å². The lowest BCUT2D eigenvalue weighted by Crippen LogP contribution is -2.49. The van der Waals surface area contributed by atoms with Crippen molar-refractivity contribution in [3.8, 4) is 5.69 Å². The van der Waals surface area contributed by atoms with Crippen LogP contribution in [0, 0.1) is 20.8 Å². The molecule has 0 aliphatic carbocycles. The van der Waals surface area contributed by atoms with Gasteiger partial charge in [0.2, 0.25) is 5.69 Å². The van der Waals surface area contributed by atoms with Crippen molar-refractivity contribution < 1.29 is 4.68 Å². The summed E-state index contributed by atoms with van der Waals surface area (Å²) in [5.41, 5.74) is 5.25. The molecule has 0 aliphatic rings. The van der Waals surface area contributed by atoms with Gasteiger partial charge < -0.3 is 0 Å². The molecule has 20 heavy (non-hydrogen) atoms. The molecule has 1 aromatic heterocycles. The third-order valence-corrected chi connectivity index (χ3v) is 4.72. The van der Waals surface area contributed by atoms with E-state index in [9.17, 15) is 4.79 Å². The number of nitrogens with zero attached hydrogens (tertiary/aromatic N) is 2. The van der Waals surface area contributed by atoms with Crippen LogP contribution < -0.4 is 9.55 Å². The number of rotatable bonds is 1. The number of aromatic nitrogens is 2. The maximum Gasteiger partial charge on any atom is 0.504 e. The molecule has 0 fully saturated rings. The summed E-state index contributed by atoms with van der Waals surface area (Å²) in [6.07, 6.45) is 0. The maximum atomic E-state index is 12.3. The Balaban J connectivity index is 2.36. The summed E-state index contributed by atoms with van der Waals surface area (Å²) in [6, 6.07) is 11.6. The van der Waals surface area contributed by atoms with Crippen LogP contribution in [0.5, 0.6) is 0 Å². The first-order valence-corrected chi connectivity index (χ1v) is 7.29. The zero-order valence-electron chi connectivity index (χ0n) is 11.7. The number of aryl methyl sites for hydroxylation is 2. The molecule has 100 valence electrons. The van der Waals surface area contributed by atoms with Crippen LogP contribution in [-0.4, -0.2) is 5.10 Å². The summed E-state index contributed by atoms with van der Waals surface area (Å²) in [4.78, 5) is 12.2. The summed E-state index contributed by atoms with van der Waals surface area (Å²) in [5.74, 6) is 0. The maximum absolute atomic E-state index is 12.3. The topological polar surface area (TPSA) is 33.8 Å². The van der Waals surface area contributed by atoms with E-state index in [-0.39, 0.29) is 4.87 Å². The van der Waals surface area contributed by atoms with E-state index in [1.54, 1.807) is 0 Å². The largest absolute Gasteiger partial charge is 0.504 e. The van der Waals surface area contributed by atoms with Crippen molar-refractivity contribution >= 4 is 21.6 Å². The van der Waals surface area contributed by atoms with Crippen LogP contribution in [0.1, 0.15) is 16.7 Å². The summed E-state index contributed by atoms with van der Waals surface area (Å²) in [7, 11) is 0. The summed E-state index contributed by atoms with van der Waals surface area (Å²) in [6.45, 7) is 6.21. The summed E-state index contributed by atoms with van der Waals surface area (Å²) >= 11 is 1.26. The molecule has 0 aliphatic heterocycles. The van der Waals surface area contributed by atoms with Crippen LogP contribution >= 0.6 is 11.3 Å². The van der Waals surface area contributed by atoms with Crippen molar-refractivity contribution in [3.63, 3.8) is 0 Å². The molecular weight excluding hydrogens is 268 g/mol. The van der Waals surface area contributed by atoms with Gasteiger partial charge in [0.15, 0.2) is 0 Å². The van der Waals surface area contributed by atoms with Gasteiger partial charge in [-0.25, -0.2) is 4.79 Å². The highest BCUT2D eigenvalue weighted by atomic mass is 32.1. The zero-order valence-corrected chi connectivity index (χ0v) is 12.5. The molecule has 0 saturated carbocycles. The van der Waals surface area contributed by atoms with Crippen molar-refractivity contribution in [1.82, 2.24) is 5.10 Å². The van der Waals surface area contributed by atoms with Crippen molar-refractivity contribution in [2.24, 2.45) is 0 Å². The second kappa shape index (κ2) is 4.80. The zero-order chi connectivity index (χ0) is 14.3. The van der Waals surface area contributed by atoms with E-state index >= 15 is 0 Å². The lowest BCUT2D eigenvalue weighted by molar-refractivity contribution is -0.667. The molecule has 0 atom stereocenters. The van der Waals surface area contributed by atoms with Gasteiger partial charge in [0.25, 0.3) is 0 Å². The second-order valence-electron chi connectivity index (χ2n) is 4.91. The molecule has 3 nitrogen and oxygen atoms in total. The highest BCUT2D eigenvalue weighted by molar-refractivity contribution is 7.15. The third-order valence-electron chi connectivity index (χ3n) is 3.65. The first-order chi connectivity index (χ1) is 9.58. The molecule has 3 rings (SSSR count). The van der Waals surface area contributed by atoms with E-state index in [4.69, 9.17) is 0 Å². The van der Waals surface area contributed by atoms with Crippen LogP contribution in [0.2, 0.25) is 0 Å². The molecule has 0 radical (unpaired) electrons. The van der Waals surface area contributed by atoms with E-state index in [0.717, 1.165) is 21.5 Å². The predicted octanol–water partition coefficient (Wildman–Crippen LogP) is 2.86. The highest BCUT2D eigenvalue weighted by Gasteiger charge is 2.18. The standard InChI is InChI=1S/C16H15N2OS/c1-10-9-14-15(12(3)11(10)2)20-16(19)18(17-14)13-7-5-4-6-8-13/h4-9H,1-3H3/q+1. The molecule has 3 aromatic rings. The smallest absolute Gasteiger partial charge is 0.200 e. The minimum Gasteiger partial charge on any atom is -0.200 e. The molecule has 0 bridgehead atoms. The van der Waals surface area contributed by atoms with Gasteiger partial charge in [-0.05, 0) is 54.9 Å².